The van der Waals surface area contributed by atoms with Crippen LogP contribution in [0.15, 0.2) is 0 Å². The number of rotatable bonds is 5. The lowest BCUT2D eigenvalue weighted by Crippen LogP contribution is -2.42. The van der Waals surface area contributed by atoms with E-state index in [9.17, 15) is 14.4 Å². The summed E-state index contributed by atoms with van der Waals surface area (Å²) in [6, 6.07) is 0. The van der Waals surface area contributed by atoms with Crippen molar-refractivity contribution < 1.29 is 38.1 Å². The normalized spacial score (nSPS) is 25.8. The fourth-order valence-corrected chi connectivity index (χ4v) is 2.09. The molecule has 0 aromatic heterocycles. The Morgan fingerprint density at radius 1 is 0.960 bits per heavy atom. The van der Waals surface area contributed by atoms with E-state index in [0.717, 1.165) is 13.8 Å². The first-order valence-corrected chi connectivity index (χ1v) is 8.01. The number of nitrogens with one attached hydrogen (secondary N) is 1. The highest BCUT2D eigenvalue weighted by molar-refractivity contribution is 6.76. The first-order valence-electron chi connectivity index (χ1n) is 6.87. The Labute approximate surface area is 158 Å². The van der Waals surface area contributed by atoms with Crippen molar-refractivity contribution in [1.82, 2.24) is 0 Å². The highest BCUT2D eigenvalue weighted by Crippen LogP contribution is 2.33. The maximum Gasteiger partial charge on any atom is 0.303 e. The predicted octanol–water partition coefficient (Wildman–Crippen LogP) is 1.50. The molecule has 1 saturated heterocycles. The van der Waals surface area contributed by atoms with E-state index in [2.05, 4.69) is 0 Å². The van der Waals surface area contributed by atoms with Crippen molar-refractivity contribution in [3.05, 3.63) is 0 Å². The highest BCUT2D eigenvalue weighted by atomic mass is 35.6. The van der Waals surface area contributed by atoms with Crippen LogP contribution in [0.3, 0.4) is 0 Å². The van der Waals surface area contributed by atoms with Gasteiger partial charge in [0.1, 0.15) is 12.7 Å². The van der Waals surface area contributed by atoms with E-state index < -0.39 is 52.2 Å². The smallest absolute Gasteiger partial charge is 0.303 e. The Hall–Kier alpha value is -1.29. The fraction of sp³-hybridized carbons (Fsp3) is 0.692. The van der Waals surface area contributed by atoms with E-state index in [0.29, 0.717) is 0 Å². The van der Waals surface area contributed by atoms with E-state index in [4.69, 9.17) is 63.9 Å². The number of halogens is 3. The molecule has 1 fully saturated rings. The van der Waals surface area contributed by atoms with Gasteiger partial charge in [-0.25, -0.2) is 0 Å². The summed E-state index contributed by atoms with van der Waals surface area (Å²) in [6.45, 7) is 3.10. The van der Waals surface area contributed by atoms with E-state index in [1.54, 1.807) is 0 Å². The molecule has 0 saturated carbocycles. The molecule has 0 bridgehead atoms. The zero-order chi connectivity index (χ0) is 19.4. The van der Waals surface area contributed by atoms with Crippen LogP contribution in [0.25, 0.3) is 0 Å². The molecular weight excluding hydrogens is 405 g/mol. The van der Waals surface area contributed by atoms with Crippen molar-refractivity contribution in [2.45, 2.75) is 49.2 Å². The van der Waals surface area contributed by atoms with Crippen LogP contribution in [0.1, 0.15) is 20.8 Å². The lowest BCUT2D eigenvalue weighted by molar-refractivity contribution is -0.172. The van der Waals surface area contributed by atoms with Gasteiger partial charge in [-0.1, -0.05) is 34.8 Å². The van der Waals surface area contributed by atoms with Crippen LogP contribution in [-0.2, 0) is 38.1 Å². The molecule has 1 aliphatic heterocycles. The van der Waals surface area contributed by atoms with E-state index >= 15 is 0 Å². The van der Waals surface area contributed by atoms with Crippen LogP contribution in [-0.4, -0.2) is 58.8 Å². The summed E-state index contributed by atoms with van der Waals surface area (Å²) in [5.41, 5.74) is 0. The zero-order valence-corrected chi connectivity index (χ0v) is 15.7. The molecule has 0 aliphatic carbocycles. The highest BCUT2D eigenvalue weighted by Gasteiger charge is 2.52. The Morgan fingerprint density at radius 2 is 1.48 bits per heavy atom. The molecule has 0 unspecified atom stereocenters. The monoisotopic (exact) mass is 419 g/mol. The first-order chi connectivity index (χ1) is 11.4. The molecule has 25 heavy (non-hydrogen) atoms. The Morgan fingerprint density at radius 3 is 1.92 bits per heavy atom. The van der Waals surface area contributed by atoms with Gasteiger partial charge in [0.15, 0.2) is 6.10 Å². The average molecular weight is 421 g/mol. The standard InChI is InChI=1S/C13H16Cl3NO8/c1-5(18)21-4-8-9(22-6(2)19)10(23-7(3)20)11(24-8)25-12(17)13(14,15)16/h8-11,17H,4H2,1-3H3/t8-,9-,10+,11-/m1/s1. The first kappa shape index (κ1) is 21.8. The number of alkyl halides is 3. The van der Waals surface area contributed by atoms with Crippen LogP contribution < -0.4 is 0 Å². The lowest BCUT2D eigenvalue weighted by Gasteiger charge is -2.24. The minimum absolute atomic E-state index is 0.313. The lowest BCUT2D eigenvalue weighted by atomic mass is 10.1. The fourth-order valence-electron chi connectivity index (χ4n) is 1.95. The molecule has 142 valence electrons. The summed E-state index contributed by atoms with van der Waals surface area (Å²) >= 11 is 16.6. The summed E-state index contributed by atoms with van der Waals surface area (Å²) in [5, 5.41) is 7.59. The number of esters is 3. The van der Waals surface area contributed by atoms with Gasteiger partial charge in [-0.15, -0.1) is 0 Å². The van der Waals surface area contributed by atoms with Crippen molar-refractivity contribution in [2.75, 3.05) is 6.61 Å². The number of carbonyl (C=O) groups is 3. The second-order valence-electron chi connectivity index (χ2n) is 4.94. The summed E-state index contributed by atoms with van der Waals surface area (Å²) < 4.78 is 23.3. The quantitative estimate of drug-likeness (QED) is 0.233. The topological polar surface area (TPSA) is 121 Å². The molecule has 0 radical (unpaired) electrons. The van der Waals surface area contributed by atoms with Crippen molar-refractivity contribution >= 4 is 58.6 Å². The third kappa shape index (κ3) is 6.85. The Kier molecular flexibility index (Phi) is 7.73. The van der Waals surface area contributed by atoms with Crippen LogP contribution in [0.5, 0.6) is 0 Å². The van der Waals surface area contributed by atoms with Gasteiger partial charge in [-0.3, -0.25) is 19.8 Å². The molecule has 1 heterocycles. The van der Waals surface area contributed by atoms with Crippen LogP contribution in [0, 0.1) is 5.41 Å². The minimum Gasteiger partial charge on any atom is -0.463 e. The Bertz CT molecular complexity index is 550. The number of carbonyl (C=O) groups excluding carboxylic acids is 3. The van der Waals surface area contributed by atoms with Crippen LogP contribution >= 0.6 is 34.8 Å². The summed E-state index contributed by atoms with van der Waals surface area (Å²) in [6.07, 6.45) is -4.87. The third-order valence-corrected chi connectivity index (χ3v) is 3.33. The van der Waals surface area contributed by atoms with E-state index in [1.165, 1.54) is 6.92 Å². The van der Waals surface area contributed by atoms with E-state index in [-0.39, 0.29) is 6.61 Å². The third-order valence-electron chi connectivity index (χ3n) is 2.81. The van der Waals surface area contributed by atoms with Gasteiger partial charge in [0.25, 0.3) is 3.79 Å². The summed E-state index contributed by atoms with van der Waals surface area (Å²) in [4.78, 5) is 33.7. The molecule has 0 aromatic rings. The predicted molar refractivity (Wildman–Crippen MR) is 85.5 cm³/mol. The van der Waals surface area contributed by atoms with Crippen LogP contribution in [0.4, 0.5) is 0 Å². The van der Waals surface area contributed by atoms with Gasteiger partial charge in [0.05, 0.1) is 0 Å². The maximum absolute atomic E-state index is 11.3. The van der Waals surface area contributed by atoms with Gasteiger partial charge < -0.3 is 23.7 Å². The van der Waals surface area contributed by atoms with Gasteiger partial charge in [-0.05, 0) is 0 Å². The van der Waals surface area contributed by atoms with Crippen LogP contribution in [0.2, 0.25) is 0 Å². The molecule has 1 aliphatic rings. The van der Waals surface area contributed by atoms with E-state index in [1.807, 2.05) is 0 Å². The van der Waals surface area contributed by atoms with Gasteiger partial charge in [0.2, 0.25) is 18.3 Å². The second-order valence-corrected chi connectivity index (χ2v) is 7.22. The second kappa shape index (κ2) is 8.88. The number of hydrogen-bond acceptors (Lipinski definition) is 9. The summed E-state index contributed by atoms with van der Waals surface area (Å²) in [7, 11) is 0. The number of hydrogen-bond donors (Lipinski definition) is 1. The molecule has 0 spiro atoms. The SMILES string of the molecule is CC(=O)OC[C@H]1O[C@H](OC(=N)C(Cl)(Cl)Cl)[C@@H](OC(C)=O)[C@@H]1OC(C)=O. The summed E-state index contributed by atoms with van der Waals surface area (Å²) in [5.74, 6) is -2.83. The molecule has 1 N–H and O–H groups in total. The minimum atomic E-state index is -2.19. The Balaban J connectivity index is 3.03. The van der Waals surface area contributed by atoms with Crippen molar-refractivity contribution in [3.8, 4) is 0 Å². The number of ether oxygens (including phenoxy) is 5. The molecule has 0 amide bonds. The van der Waals surface area contributed by atoms with Crippen molar-refractivity contribution in [2.24, 2.45) is 0 Å². The van der Waals surface area contributed by atoms with Crippen molar-refractivity contribution in [1.29, 1.82) is 5.41 Å². The maximum atomic E-state index is 11.3. The van der Waals surface area contributed by atoms with Gasteiger partial charge >= 0.3 is 17.9 Å². The van der Waals surface area contributed by atoms with Gasteiger partial charge in [0, 0.05) is 20.8 Å². The van der Waals surface area contributed by atoms with Crippen molar-refractivity contribution in [3.63, 3.8) is 0 Å². The molecule has 0 aromatic carbocycles. The average Bonchev–Trinajstić information content (AvgIpc) is 2.72. The van der Waals surface area contributed by atoms with Gasteiger partial charge in [-0.2, -0.15) is 0 Å². The zero-order valence-electron chi connectivity index (χ0n) is 13.4. The molecule has 4 atom stereocenters. The molecule has 1 rings (SSSR count). The molecular formula is C13H16Cl3NO8. The largest absolute Gasteiger partial charge is 0.463 e. The molecule has 12 heteroatoms. The molecule has 9 nitrogen and oxygen atoms in total.